The number of piperidine rings is 1. The summed E-state index contributed by atoms with van der Waals surface area (Å²) in [6.07, 6.45) is 1.64. The predicted molar refractivity (Wildman–Crippen MR) is 74.3 cm³/mol. The summed E-state index contributed by atoms with van der Waals surface area (Å²) in [5.74, 6) is -0.337. The SMILES string of the molecule is N=C(NS(=O)(=O)C1CC1)[C@@H]1CC[C@@H]2CN1C(=O)N2OS(=O)(=O)[O-].[Na+]. The Balaban J connectivity index is 0.00000208. The minimum Gasteiger partial charge on any atom is -0.724 e. The molecule has 3 aliphatic rings. The van der Waals surface area contributed by atoms with Crippen LogP contribution < -0.4 is 34.3 Å². The maximum absolute atomic E-state index is 12.1. The first-order valence-electron chi connectivity index (χ1n) is 6.94. The number of urea groups is 1. The zero-order chi connectivity index (χ0) is 17.0. The fraction of sp³-hybridized carbons (Fsp3) is 0.800. The van der Waals surface area contributed by atoms with Crippen molar-refractivity contribution >= 4 is 32.3 Å². The minimum absolute atomic E-state index is 0. The molecule has 2 amide bonds. The Morgan fingerprint density at radius 3 is 2.38 bits per heavy atom. The molecule has 3 rings (SSSR count). The van der Waals surface area contributed by atoms with Crippen LogP contribution in [0.5, 0.6) is 0 Å². The molecule has 14 heteroatoms. The van der Waals surface area contributed by atoms with Crippen LogP contribution in [0.15, 0.2) is 0 Å². The monoisotopic (exact) mass is 390 g/mol. The number of hydrogen-bond acceptors (Lipinski definition) is 8. The topological polar surface area (TPSA) is 160 Å². The molecule has 0 radical (unpaired) electrons. The van der Waals surface area contributed by atoms with E-state index in [4.69, 9.17) is 5.41 Å². The molecule has 1 aliphatic carbocycles. The summed E-state index contributed by atoms with van der Waals surface area (Å²) in [7, 11) is -8.70. The summed E-state index contributed by atoms with van der Waals surface area (Å²) < 4.78 is 62.1. The Bertz CT molecular complexity index is 751. The molecule has 0 aromatic heterocycles. The van der Waals surface area contributed by atoms with Gasteiger partial charge in [0.25, 0.3) is 0 Å². The van der Waals surface area contributed by atoms with E-state index in [1.807, 2.05) is 0 Å². The van der Waals surface area contributed by atoms with Crippen molar-refractivity contribution in [3.63, 3.8) is 0 Å². The van der Waals surface area contributed by atoms with Gasteiger partial charge in [-0.1, -0.05) is 0 Å². The third kappa shape index (κ3) is 4.03. The van der Waals surface area contributed by atoms with Gasteiger partial charge in [0.2, 0.25) is 20.4 Å². The van der Waals surface area contributed by atoms with Crippen LogP contribution in [0.25, 0.3) is 0 Å². The smallest absolute Gasteiger partial charge is 0.724 e. The van der Waals surface area contributed by atoms with Crippen molar-refractivity contribution in [3.8, 4) is 0 Å². The number of carbonyl (C=O) groups excluding carboxylic acids is 1. The van der Waals surface area contributed by atoms with Gasteiger partial charge in [0.05, 0.1) is 17.3 Å². The Hall–Kier alpha value is -0.440. The number of hydroxylamine groups is 2. The summed E-state index contributed by atoms with van der Waals surface area (Å²) in [5, 5.41) is 7.91. The van der Waals surface area contributed by atoms with Gasteiger partial charge in [-0.3, -0.25) is 10.1 Å². The number of amidine groups is 1. The van der Waals surface area contributed by atoms with E-state index in [1.54, 1.807) is 0 Å². The van der Waals surface area contributed by atoms with Crippen molar-refractivity contribution in [3.05, 3.63) is 0 Å². The normalized spacial score (nSPS) is 27.0. The minimum atomic E-state index is -5.09. The Morgan fingerprint density at radius 2 is 1.83 bits per heavy atom. The van der Waals surface area contributed by atoms with E-state index in [2.05, 4.69) is 9.01 Å². The summed E-state index contributed by atoms with van der Waals surface area (Å²) in [5.41, 5.74) is 0. The van der Waals surface area contributed by atoms with Crippen molar-refractivity contribution in [2.75, 3.05) is 6.54 Å². The fourth-order valence-corrected chi connectivity index (χ4v) is 4.56. The molecule has 1 saturated carbocycles. The fourth-order valence-electron chi connectivity index (χ4n) is 2.81. The van der Waals surface area contributed by atoms with Crippen LogP contribution in [0.4, 0.5) is 4.79 Å². The van der Waals surface area contributed by atoms with E-state index in [1.165, 1.54) is 0 Å². The van der Waals surface area contributed by atoms with E-state index >= 15 is 0 Å². The van der Waals surface area contributed by atoms with Crippen LogP contribution in [0, 0.1) is 5.41 Å². The second-order valence-corrected chi connectivity index (χ2v) is 8.68. The Kier molecular flexibility index (Phi) is 5.55. The second kappa shape index (κ2) is 6.70. The molecule has 130 valence electrons. The first-order chi connectivity index (χ1) is 10.6. The van der Waals surface area contributed by atoms with Crippen molar-refractivity contribution in [2.24, 2.45) is 0 Å². The molecule has 3 fully saturated rings. The van der Waals surface area contributed by atoms with Crippen molar-refractivity contribution in [2.45, 2.75) is 43.0 Å². The molecule has 2 aliphatic heterocycles. The predicted octanol–water partition coefficient (Wildman–Crippen LogP) is -4.29. The quantitative estimate of drug-likeness (QED) is 0.158. The summed E-state index contributed by atoms with van der Waals surface area (Å²) in [6, 6.07) is -2.31. The van der Waals surface area contributed by atoms with Gasteiger partial charge in [0.1, 0.15) is 5.84 Å². The molecule has 2 bridgehead atoms. The van der Waals surface area contributed by atoms with Gasteiger partial charge < -0.3 is 9.45 Å². The van der Waals surface area contributed by atoms with Crippen LogP contribution in [0.3, 0.4) is 0 Å². The van der Waals surface area contributed by atoms with Crippen LogP contribution >= 0.6 is 0 Å². The molecule has 0 aromatic rings. The average molecular weight is 390 g/mol. The average Bonchev–Trinajstić information content (AvgIpc) is 3.24. The maximum atomic E-state index is 12.1. The first-order valence-corrected chi connectivity index (χ1v) is 9.82. The van der Waals surface area contributed by atoms with Gasteiger partial charge in [-0.15, -0.1) is 0 Å². The molecule has 2 saturated heterocycles. The van der Waals surface area contributed by atoms with Gasteiger partial charge in [-0.2, -0.15) is 9.35 Å². The van der Waals surface area contributed by atoms with Gasteiger partial charge in [-0.05, 0) is 25.7 Å². The van der Waals surface area contributed by atoms with Gasteiger partial charge in [-0.25, -0.2) is 21.6 Å². The molecule has 2 atom stereocenters. The number of sulfonamides is 1. The number of hydrogen-bond donors (Lipinski definition) is 2. The zero-order valence-corrected chi connectivity index (χ0v) is 16.5. The molecule has 2 N–H and O–H groups in total. The Labute approximate surface area is 161 Å². The third-order valence-electron chi connectivity index (χ3n) is 4.04. The third-order valence-corrected chi connectivity index (χ3v) is 6.24. The second-order valence-electron chi connectivity index (χ2n) is 5.75. The number of rotatable bonds is 5. The Morgan fingerprint density at radius 1 is 1.21 bits per heavy atom. The molecule has 2 heterocycles. The zero-order valence-electron chi connectivity index (χ0n) is 12.8. The van der Waals surface area contributed by atoms with Crippen LogP contribution in [-0.4, -0.2) is 67.1 Å². The molecule has 0 aromatic carbocycles. The van der Waals surface area contributed by atoms with Gasteiger partial charge in [0, 0.05) is 6.54 Å². The van der Waals surface area contributed by atoms with Crippen molar-refractivity contribution < 1.29 is 60.0 Å². The van der Waals surface area contributed by atoms with E-state index < -0.39 is 43.8 Å². The van der Waals surface area contributed by atoms with E-state index in [0.717, 1.165) is 4.90 Å². The van der Waals surface area contributed by atoms with Gasteiger partial charge >= 0.3 is 35.6 Å². The first kappa shape index (κ1) is 19.9. The maximum Gasteiger partial charge on any atom is 1.00 e. The molecule has 0 unspecified atom stereocenters. The number of amides is 2. The number of nitrogens with one attached hydrogen (secondary N) is 2. The number of fused-ring (bicyclic) bond motifs is 2. The molecule has 11 nitrogen and oxygen atoms in total. The molecular weight excluding hydrogens is 375 g/mol. The van der Waals surface area contributed by atoms with Crippen LogP contribution in [0.2, 0.25) is 0 Å². The standard InChI is InChI=1S/C10H16N4O7S2.Na/c11-9(12-22(16,17)7-2-3-7)8-4-1-6-5-13(8)10(15)14(6)21-23(18,19)20;/h6-8H,1-5H2,(H2,11,12)(H,18,19,20);/q;+1/p-1/t6-,8+;/m1./s1. The number of nitrogens with zero attached hydrogens (tertiary/aromatic N) is 2. The van der Waals surface area contributed by atoms with Crippen molar-refractivity contribution in [1.82, 2.24) is 14.7 Å². The molecular formula is C10H15N4NaO7S2. The van der Waals surface area contributed by atoms with Crippen LogP contribution in [-0.2, 0) is 24.7 Å². The summed E-state index contributed by atoms with van der Waals surface area (Å²) >= 11 is 0. The van der Waals surface area contributed by atoms with Gasteiger partial charge in [0.15, 0.2) is 0 Å². The number of carbonyl (C=O) groups is 1. The van der Waals surface area contributed by atoms with E-state index in [-0.39, 0.29) is 54.8 Å². The summed E-state index contributed by atoms with van der Waals surface area (Å²) in [6.45, 7) is 0.0621. The molecule has 24 heavy (non-hydrogen) atoms. The van der Waals surface area contributed by atoms with E-state index in [9.17, 15) is 26.2 Å². The summed E-state index contributed by atoms with van der Waals surface area (Å²) in [4.78, 5) is 13.3. The molecule has 0 spiro atoms. The largest absolute Gasteiger partial charge is 1.00 e. The van der Waals surface area contributed by atoms with Crippen molar-refractivity contribution in [1.29, 1.82) is 5.41 Å². The van der Waals surface area contributed by atoms with E-state index in [0.29, 0.717) is 17.9 Å². The van der Waals surface area contributed by atoms with Crippen LogP contribution in [0.1, 0.15) is 25.7 Å².